The summed E-state index contributed by atoms with van der Waals surface area (Å²) in [6, 6.07) is 21.9. The molecule has 0 radical (unpaired) electrons. The lowest BCUT2D eigenvalue weighted by atomic mass is 9.95. The van der Waals surface area contributed by atoms with Crippen molar-refractivity contribution >= 4 is 40.1 Å². The maximum atomic E-state index is 10.1. The van der Waals surface area contributed by atoms with E-state index in [9.17, 15) is 9.46 Å². The van der Waals surface area contributed by atoms with Crippen LogP contribution in [0.5, 0.6) is 0 Å². The Labute approximate surface area is 159 Å². The van der Waals surface area contributed by atoms with Crippen LogP contribution in [0.15, 0.2) is 60.7 Å². The molecular weight excluding hydrogens is 361 g/mol. The number of hydrogen-bond donors (Lipinski definition) is 1. The second kappa shape index (κ2) is 7.55. The molecule has 4 aromatic rings. The molecule has 0 aliphatic heterocycles. The van der Waals surface area contributed by atoms with Gasteiger partial charge in [0.15, 0.2) is 0 Å². The van der Waals surface area contributed by atoms with E-state index < -0.39 is 7.82 Å². The van der Waals surface area contributed by atoms with Crippen molar-refractivity contribution in [3.8, 4) is 0 Å². The molecule has 4 aromatic carbocycles. The van der Waals surface area contributed by atoms with Gasteiger partial charge in [0.25, 0.3) is 7.82 Å². The van der Waals surface area contributed by atoms with Crippen molar-refractivity contribution in [2.24, 2.45) is 0 Å². The zero-order chi connectivity index (χ0) is 19.7. The average molecular weight is 385 g/mol. The number of likely N-dealkylation sites (N-methyl/N-ethyl adjacent to an activating group) is 1. The van der Waals surface area contributed by atoms with Crippen LogP contribution >= 0.6 is 7.82 Å². The highest BCUT2D eigenvalue weighted by Gasteiger charge is 2.09. The Morgan fingerprint density at radius 3 is 1.52 bits per heavy atom. The Balaban J connectivity index is 0.000000171. The van der Waals surface area contributed by atoms with Gasteiger partial charge in [-0.25, -0.2) is 0 Å². The largest absolute Gasteiger partial charge is 0.756 e. The smallest absolute Gasteiger partial charge is 0.265 e. The van der Waals surface area contributed by atoms with Gasteiger partial charge in [0.05, 0.1) is 21.1 Å². The molecule has 0 spiro atoms. The van der Waals surface area contributed by atoms with Gasteiger partial charge in [0, 0.05) is 0 Å². The minimum Gasteiger partial charge on any atom is -0.756 e. The highest BCUT2D eigenvalue weighted by atomic mass is 31.2. The molecule has 27 heavy (non-hydrogen) atoms. The molecule has 0 saturated carbocycles. The maximum absolute atomic E-state index is 10.1. The lowest BCUT2D eigenvalue weighted by Gasteiger charge is -2.25. The average Bonchev–Trinajstić information content (AvgIpc) is 2.58. The van der Waals surface area contributed by atoms with Gasteiger partial charge < -0.3 is 18.8 Å². The summed E-state index contributed by atoms with van der Waals surface area (Å²) in [5, 5.41) is 8.14. The van der Waals surface area contributed by atoms with Crippen LogP contribution in [-0.2, 0) is 9.09 Å². The lowest BCUT2D eigenvalue weighted by molar-refractivity contribution is -0.870. The van der Waals surface area contributed by atoms with Gasteiger partial charge in [-0.15, -0.1) is 0 Å². The number of phosphoric ester groups is 1. The van der Waals surface area contributed by atoms with Gasteiger partial charge in [0.2, 0.25) is 0 Å². The van der Waals surface area contributed by atoms with Crippen LogP contribution in [0.4, 0.5) is 0 Å². The summed E-state index contributed by atoms with van der Waals surface area (Å²) >= 11 is 0. The summed E-state index contributed by atoms with van der Waals surface area (Å²) in [6.07, 6.45) is 0. The molecule has 0 heterocycles. The van der Waals surface area contributed by atoms with Crippen LogP contribution in [0, 0.1) is 0 Å². The van der Waals surface area contributed by atoms with Crippen LogP contribution in [0.25, 0.3) is 32.3 Å². The quantitative estimate of drug-likeness (QED) is 0.330. The monoisotopic (exact) mass is 385 g/mol. The van der Waals surface area contributed by atoms with Crippen LogP contribution in [0.1, 0.15) is 0 Å². The third-order valence-electron chi connectivity index (χ3n) is 4.41. The first kappa shape index (κ1) is 19.7. The number of benzene rings is 4. The van der Waals surface area contributed by atoms with Crippen molar-refractivity contribution in [2.75, 3.05) is 34.3 Å². The zero-order valence-electron chi connectivity index (χ0n) is 15.8. The standard InChI is InChI=1S/C16H10.C5H14NO4P/c1-3-11-7-9-13-5-2-6-14-10-8-12(4-1)15(11)16(13)14;1-6(2,3)4-5-10-11(7,8)9/h1-10H;4-5H2,1-3H3,(H-,7,8,9). The molecule has 142 valence electrons. The fraction of sp³-hybridized carbons (Fsp3) is 0.238. The molecule has 0 saturated heterocycles. The van der Waals surface area contributed by atoms with E-state index in [1.165, 1.54) is 32.3 Å². The maximum Gasteiger partial charge on any atom is 0.265 e. The predicted octanol–water partition coefficient (Wildman–Crippen LogP) is 3.75. The minimum atomic E-state index is -4.51. The second-order valence-electron chi connectivity index (χ2n) is 7.61. The normalized spacial score (nSPS) is 14.3. The van der Waals surface area contributed by atoms with Gasteiger partial charge in [-0.3, -0.25) is 4.57 Å². The van der Waals surface area contributed by atoms with Crippen molar-refractivity contribution in [3.63, 3.8) is 0 Å². The Hall–Kier alpha value is -2.01. The molecule has 1 N–H and O–H groups in total. The Bertz CT molecular complexity index is 968. The summed E-state index contributed by atoms with van der Waals surface area (Å²) < 4.78 is 14.8. The van der Waals surface area contributed by atoms with Crippen molar-refractivity contribution in [1.82, 2.24) is 0 Å². The highest BCUT2D eigenvalue weighted by molar-refractivity contribution is 7.44. The number of hydrogen-bond acceptors (Lipinski definition) is 3. The molecule has 4 rings (SSSR count). The first-order valence-corrected chi connectivity index (χ1v) is 10.2. The zero-order valence-corrected chi connectivity index (χ0v) is 16.6. The van der Waals surface area contributed by atoms with Gasteiger partial charge >= 0.3 is 0 Å². The SMILES string of the molecule is C[N+](C)(C)CCOP(=O)([O-])O.c1cc2ccc3cccc4ccc(c1)c2c34. The van der Waals surface area contributed by atoms with E-state index >= 15 is 0 Å². The Kier molecular flexibility index (Phi) is 5.52. The van der Waals surface area contributed by atoms with Gasteiger partial charge in [-0.1, -0.05) is 60.7 Å². The molecule has 0 bridgehead atoms. The summed E-state index contributed by atoms with van der Waals surface area (Å²) in [6.45, 7) is 0.549. The van der Waals surface area contributed by atoms with E-state index in [1.807, 2.05) is 21.1 Å². The molecule has 5 nitrogen and oxygen atoms in total. The summed E-state index contributed by atoms with van der Waals surface area (Å²) in [5.41, 5.74) is 0. The van der Waals surface area contributed by atoms with Gasteiger partial charge in [-0.2, -0.15) is 0 Å². The molecule has 1 atom stereocenters. The van der Waals surface area contributed by atoms with Crippen molar-refractivity contribution in [3.05, 3.63) is 60.7 Å². The Morgan fingerprint density at radius 2 is 1.22 bits per heavy atom. The third kappa shape index (κ3) is 5.04. The summed E-state index contributed by atoms with van der Waals surface area (Å²) in [4.78, 5) is 18.3. The summed E-state index contributed by atoms with van der Waals surface area (Å²) in [7, 11) is 1.19. The third-order valence-corrected chi connectivity index (χ3v) is 4.92. The van der Waals surface area contributed by atoms with Gasteiger partial charge in [-0.05, 0) is 32.3 Å². The molecule has 6 heteroatoms. The number of rotatable bonds is 4. The fourth-order valence-electron chi connectivity index (χ4n) is 3.10. The van der Waals surface area contributed by atoms with Crippen molar-refractivity contribution in [1.29, 1.82) is 0 Å². The van der Waals surface area contributed by atoms with E-state index in [2.05, 4.69) is 65.2 Å². The Morgan fingerprint density at radius 1 is 0.852 bits per heavy atom. The van der Waals surface area contributed by atoms with E-state index in [-0.39, 0.29) is 6.61 Å². The van der Waals surface area contributed by atoms with E-state index in [1.54, 1.807) is 0 Å². The van der Waals surface area contributed by atoms with E-state index in [0.29, 0.717) is 11.0 Å². The first-order valence-electron chi connectivity index (χ1n) is 8.75. The predicted molar refractivity (Wildman–Crippen MR) is 109 cm³/mol. The van der Waals surface area contributed by atoms with Crippen LogP contribution in [0.3, 0.4) is 0 Å². The van der Waals surface area contributed by atoms with Crippen molar-refractivity contribution in [2.45, 2.75) is 0 Å². The molecule has 0 amide bonds. The molecule has 0 fully saturated rings. The number of quaternary nitrogens is 1. The molecule has 0 aliphatic carbocycles. The molecule has 1 unspecified atom stereocenters. The van der Waals surface area contributed by atoms with Crippen LogP contribution in [-0.4, -0.2) is 43.7 Å². The minimum absolute atomic E-state index is 0.0147. The molecule has 0 aliphatic rings. The van der Waals surface area contributed by atoms with Crippen LogP contribution in [0.2, 0.25) is 0 Å². The van der Waals surface area contributed by atoms with E-state index in [4.69, 9.17) is 4.89 Å². The highest BCUT2D eigenvalue weighted by Crippen LogP contribution is 2.33. The fourth-order valence-corrected chi connectivity index (χ4v) is 3.41. The number of phosphoric acid groups is 1. The topological polar surface area (TPSA) is 69.6 Å². The first-order chi connectivity index (χ1) is 12.6. The van der Waals surface area contributed by atoms with Gasteiger partial charge in [0.1, 0.15) is 13.2 Å². The lowest BCUT2D eigenvalue weighted by Crippen LogP contribution is -2.37. The second-order valence-corrected chi connectivity index (χ2v) is 8.80. The summed E-state index contributed by atoms with van der Waals surface area (Å²) in [5.74, 6) is 0. The van der Waals surface area contributed by atoms with Crippen molar-refractivity contribution < 1.29 is 23.4 Å². The molecule has 0 aromatic heterocycles. The van der Waals surface area contributed by atoms with E-state index in [0.717, 1.165) is 0 Å². The number of nitrogens with zero attached hydrogens (tertiary/aromatic N) is 1. The molecular formula is C21H24NO4P. The van der Waals surface area contributed by atoms with Crippen LogP contribution < -0.4 is 4.89 Å².